The van der Waals surface area contributed by atoms with Crippen molar-refractivity contribution >= 4 is 11.6 Å². The summed E-state index contributed by atoms with van der Waals surface area (Å²) >= 11 is 0. The van der Waals surface area contributed by atoms with Crippen LogP contribution in [0.15, 0.2) is 12.3 Å². The van der Waals surface area contributed by atoms with Gasteiger partial charge in [0.2, 0.25) is 0 Å². The predicted octanol–water partition coefficient (Wildman–Crippen LogP) is 1.72. The van der Waals surface area contributed by atoms with E-state index in [4.69, 9.17) is 5.73 Å². The lowest BCUT2D eigenvalue weighted by Crippen LogP contribution is -2.45. The van der Waals surface area contributed by atoms with Gasteiger partial charge < -0.3 is 20.5 Å². The molecule has 2 rings (SSSR count). The van der Waals surface area contributed by atoms with Crippen molar-refractivity contribution in [2.45, 2.75) is 38.8 Å². The number of anilines is 1. The highest BCUT2D eigenvalue weighted by molar-refractivity contribution is 5.94. The Morgan fingerprint density at radius 3 is 2.65 bits per heavy atom. The summed E-state index contributed by atoms with van der Waals surface area (Å²) in [6.07, 6.45) is 4.16. The molecule has 3 N–H and O–H groups in total. The molecule has 20 heavy (non-hydrogen) atoms. The Bertz CT molecular complexity index is 474. The molecule has 1 unspecified atom stereocenters. The van der Waals surface area contributed by atoms with Crippen molar-refractivity contribution < 1.29 is 4.79 Å². The Hall–Kier alpha value is -1.49. The van der Waals surface area contributed by atoms with Gasteiger partial charge in [-0.1, -0.05) is 13.8 Å². The molecular weight excluding hydrogens is 252 g/mol. The molecule has 0 aliphatic heterocycles. The first-order valence-electron chi connectivity index (χ1n) is 7.31. The van der Waals surface area contributed by atoms with Crippen molar-refractivity contribution in [2.75, 3.05) is 26.4 Å². The lowest BCUT2D eigenvalue weighted by atomic mass is 10.0. The number of nitrogen functional groups attached to an aromatic ring is 1. The smallest absolute Gasteiger partial charge is 0.268 e. The number of likely N-dealkylation sites (N-methyl/N-ethyl adjacent to an activating group) is 1. The summed E-state index contributed by atoms with van der Waals surface area (Å²) in [5, 5.41) is 3.14. The molecule has 0 radical (unpaired) electrons. The molecule has 0 aromatic carbocycles. The van der Waals surface area contributed by atoms with Crippen LogP contribution >= 0.6 is 0 Å². The van der Waals surface area contributed by atoms with Crippen molar-refractivity contribution in [3.8, 4) is 0 Å². The highest BCUT2D eigenvalue weighted by atomic mass is 16.2. The maximum Gasteiger partial charge on any atom is 0.268 e. The van der Waals surface area contributed by atoms with E-state index in [1.165, 1.54) is 0 Å². The van der Waals surface area contributed by atoms with Gasteiger partial charge in [0.05, 0.1) is 5.69 Å². The number of hydrogen-bond donors (Lipinski definition) is 2. The number of nitrogens with one attached hydrogen (secondary N) is 1. The van der Waals surface area contributed by atoms with Crippen molar-refractivity contribution in [3.05, 3.63) is 18.0 Å². The van der Waals surface area contributed by atoms with E-state index in [9.17, 15) is 4.79 Å². The van der Waals surface area contributed by atoms with Gasteiger partial charge in [-0.05, 0) is 38.9 Å². The number of aromatic nitrogens is 1. The summed E-state index contributed by atoms with van der Waals surface area (Å²) in [7, 11) is 4.04. The molecule has 1 fully saturated rings. The number of amides is 1. The van der Waals surface area contributed by atoms with Gasteiger partial charge in [0, 0.05) is 24.8 Å². The molecule has 0 bridgehead atoms. The second kappa shape index (κ2) is 5.87. The summed E-state index contributed by atoms with van der Waals surface area (Å²) in [6, 6.07) is 2.38. The lowest BCUT2D eigenvalue weighted by molar-refractivity contribution is 0.0907. The molecule has 1 aliphatic rings. The molecule has 0 saturated heterocycles. The Morgan fingerprint density at radius 1 is 1.50 bits per heavy atom. The van der Waals surface area contributed by atoms with Gasteiger partial charge in [-0.25, -0.2) is 0 Å². The summed E-state index contributed by atoms with van der Waals surface area (Å²) < 4.78 is 2.03. The SMILES string of the molecule is CC(C)C(CN(C)C)NC(=O)c1cc(N)cn1C1CC1. The van der Waals surface area contributed by atoms with Gasteiger partial charge in [-0.3, -0.25) is 4.79 Å². The summed E-state index contributed by atoms with van der Waals surface area (Å²) in [5.41, 5.74) is 7.20. The largest absolute Gasteiger partial charge is 0.397 e. The molecular formula is C15H26N4O. The number of carbonyl (C=O) groups excluding carboxylic acids is 1. The minimum Gasteiger partial charge on any atom is -0.397 e. The molecule has 0 spiro atoms. The van der Waals surface area contributed by atoms with Crippen LogP contribution in [0.25, 0.3) is 0 Å². The maximum atomic E-state index is 12.5. The number of nitrogens with zero attached hydrogens (tertiary/aromatic N) is 2. The minimum atomic E-state index is -0.0193. The second-order valence-corrected chi connectivity index (χ2v) is 6.38. The summed E-state index contributed by atoms with van der Waals surface area (Å²) in [6.45, 7) is 5.09. The normalized spacial score (nSPS) is 16.7. The summed E-state index contributed by atoms with van der Waals surface area (Å²) in [4.78, 5) is 14.6. The van der Waals surface area contributed by atoms with E-state index in [2.05, 4.69) is 24.1 Å². The van der Waals surface area contributed by atoms with E-state index in [1.807, 2.05) is 24.9 Å². The maximum absolute atomic E-state index is 12.5. The molecule has 1 saturated carbocycles. The zero-order valence-electron chi connectivity index (χ0n) is 12.9. The highest BCUT2D eigenvalue weighted by Gasteiger charge is 2.28. The first-order chi connectivity index (χ1) is 9.38. The molecule has 1 atom stereocenters. The van der Waals surface area contributed by atoms with Gasteiger partial charge in [0.1, 0.15) is 5.69 Å². The van der Waals surface area contributed by atoms with Gasteiger partial charge in [-0.2, -0.15) is 0 Å². The third-order valence-corrected chi connectivity index (χ3v) is 3.73. The molecule has 1 heterocycles. The molecule has 1 aromatic heterocycles. The number of nitrogens with two attached hydrogens (primary N) is 1. The van der Waals surface area contributed by atoms with E-state index in [1.54, 1.807) is 6.07 Å². The van der Waals surface area contributed by atoms with Crippen molar-refractivity contribution in [3.63, 3.8) is 0 Å². The lowest BCUT2D eigenvalue weighted by Gasteiger charge is -2.25. The van der Waals surface area contributed by atoms with Gasteiger partial charge in [0.15, 0.2) is 0 Å². The zero-order valence-corrected chi connectivity index (χ0v) is 12.9. The number of rotatable bonds is 6. The average molecular weight is 278 g/mol. The van der Waals surface area contributed by atoms with Gasteiger partial charge >= 0.3 is 0 Å². The molecule has 112 valence electrons. The molecule has 1 amide bonds. The zero-order chi connectivity index (χ0) is 14.9. The van der Waals surface area contributed by atoms with Crippen LogP contribution in [0, 0.1) is 5.92 Å². The van der Waals surface area contributed by atoms with Crippen molar-refractivity contribution in [1.82, 2.24) is 14.8 Å². The molecule has 1 aliphatic carbocycles. The third kappa shape index (κ3) is 3.54. The van der Waals surface area contributed by atoms with Gasteiger partial charge in [-0.15, -0.1) is 0 Å². The van der Waals surface area contributed by atoms with Crippen LogP contribution in [-0.4, -0.2) is 42.1 Å². The molecule has 1 aromatic rings. The van der Waals surface area contributed by atoms with Crippen molar-refractivity contribution in [1.29, 1.82) is 0 Å². The Morgan fingerprint density at radius 2 is 2.15 bits per heavy atom. The fourth-order valence-electron chi connectivity index (χ4n) is 2.40. The van der Waals surface area contributed by atoms with Crippen LogP contribution in [0.2, 0.25) is 0 Å². The van der Waals surface area contributed by atoms with E-state index >= 15 is 0 Å². The van der Waals surface area contributed by atoms with E-state index < -0.39 is 0 Å². The van der Waals surface area contributed by atoms with Crippen LogP contribution in [-0.2, 0) is 0 Å². The second-order valence-electron chi connectivity index (χ2n) is 6.38. The topological polar surface area (TPSA) is 63.3 Å². The Labute approximate surface area is 121 Å². The number of carbonyl (C=O) groups is 1. The first-order valence-corrected chi connectivity index (χ1v) is 7.31. The molecule has 5 heteroatoms. The third-order valence-electron chi connectivity index (χ3n) is 3.73. The number of hydrogen-bond acceptors (Lipinski definition) is 3. The average Bonchev–Trinajstić information content (AvgIpc) is 3.10. The standard InChI is InChI=1S/C15H26N4O/c1-10(2)13(9-18(3)4)17-15(20)14-7-11(16)8-19(14)12-5-6-12/h7-8,10,12-13H,5-6,9,16H2,1-4H3,(H,17,20). The van der Waals surface area contributed by atoms with Crippen LogP contribution in [0.4, 0.5) is 5.69 Å². The monoisotopic (exact) mass is 278 g/mol. The van der Waals surface area contributed by atoms with Crippen molar-refractivity contribution in [2.24, 2.45) is 5.92 Å². The van der Waals surface area contributed by atoms with Crippen LogP contribution < -0.4 is 11.1 Å². The quantitative estimate of drug-likeness (QED) is 0.833. The summed E-state index contributed by atoms with van der Waals surface area (Å²) in [5.74, 6) is 0.372. The van der Waals surface area contributed by atoms with E-state index in [0.717, 1.165) is 19.4 Å². The minimum absolute atomic E-state index is 0.0193. The predicted molar refractivity (Wildman–Crippen MR) is 81.8 cm³/mol. The fourth-order valence-corrected chi connectivity index (χ4v) is 2.40. The van der Waals surface area contributed by atoms with Crippen LogP contribution in [0.1, 0.15) is 43.2 Å². The first kappa shape index (κ1) is 14.9. The van der Waals surface area contributed by atoms with Crippen LogP contribution in [0.5, 0.6) is 0 Å². The van der Waals surface area contributed by atoms with Gasteiger partial charge in [0.25, 0.3) is 5.91 Å². The Balaban J connectivity index is 2.10. The van der Waals surface area contributed by atoms with E-state index in [-0.39, 0.29) is 11.9 Å². The Kier molecular flexibility index (Phi) is 4.38. The van der Waals surface area contributed by atoms with Crippen LogP contribution in [0.3, 0.4) is 0 Å². The van der Waals surface area contributed by atoms with E-state index in [0.29, 0.717) is 23.3 Å². The highest BCUT2D eigenvalue weighted by Crippen LogP contribution is 2.37. The fraction of sp³-hybridized carbons (Fsp3) is 0.667. The molecule has 5 nitrogen and oxygen atoms in total.